The maximum Gasteiger partial charge on any atom is 0.123 e. The van der Waals surface area contributed by atoms with E-state index in [-0.39, 0.29) is 5.82 Å². The molecule has 1 aliphatic rings. The number of hydrogen-bond acceptors (Lipinski definition) is 1. The van der Waals surface area contributed by atoms with Gasteiger partial charge in [0.2, 0.25) is 0 Å². The lowest BCUT2D eigenvalue weighted by atomic mass is 10.0. The van der Waals surface area contributed by atoms with Crippen molar-refractivity contribution in [2.45, 2.75) is 11.8 Å². The summed E-state index contributed by atoms with van der Waals surface area (Å²) < 4.78 is 24.7. The summed E-state index contributed by atoms with van der Waals surface area (Å²) in [7, 11) is -0.961. The first-order valence-corrected chi connectivity index (χ1v) is 8.24. The van der Waals surface area contributed by atoms with E-state index in [0.29, 0.717) is 0 Å². The van der Waals surface area contributed by atoms with Gasteiger partial charge in [-0.05, 0) is 65.1 Å². The Morgan fingerprint density at radius 3 is 2.48 bits per heavy atom. The summed E-state index contributed by atoms with van der Waals surface area (Å²) in [6, 6.07) is 12.5. The van der Waals surface area contributed by atoms with Crippen LogP contribution in [0.3, 0.4) is 0 Å². The van der Waals surface area contributed by atoms with Crippen LogP contribution in [0.2, 0.25) is 0 Å². The van der Waals surface area contributed by atoms with Gasteiger partial charge < -0.3 is 0 Å². The van der Waals surface area contributed by atoms with E-state index in [1.165, 1.54) is 6.07 Å². The lowest BCUT2D eigenvalue weighted by Crippen LogP contribution is -1.87. The lowest BCUT2D eigenvalue weighted by Gasteiger charge is -2.05. The number of halogens is 1. The van der Waals surface area contributed by atoms with Crippen LogP contribution in [-0.2, 0) is 10.8 Å². The van der Waals surface area contributed by atoms with E-state index in [0.717, 1.165) is 32.7 Å². The first-order chi connectivity index (χ1) is 10.0. The van der Waals surface area contributed by atoms with E-state index in [2.05, 4.69) is 6.08 Å². The molecule has 1 atom stereocenters. The quantitative estimate of drug-likeness (QED) is 0.796. The molecule has 0 N–H and O–H groups in total. The maximum atomic E-state index is 13.3. The van der Waals surface area contributed by atoms with E-state index in [1.807, 2.05) is 43.3 Å². The van der Waals surface area contributed by atoms with Gasteiger partial charge in [0.05, 0.1) is 0 Å². The normalized spacial score (nSPS) is 16.7. The zero-order valence-electron chi connectivity index (χ0n) is 11.9. The fourth-order valence-electron chi connectivity index (χ4n) is 2.54. The van der Waals surface area contributed by atoms with Gasteiger partial charge in [-0.3, -0.25) is 4.21 Å². The Morgan fingerprint density at radius 2 is 1.81 bits per heavy atom. The van der Waals surface area contributed by atoms with Crippen LogP contribution >= 0.6 is 0 Å². The average molecular weight is 298 g/mol. The Hall–Kier alpha value is -2.00. The molecule has 3 rings (SSSR count). The highest BCUT2D eigenvalue weighted by atomic mass is 32.2. The van der Waals surface area contributed by atoms with Crippen LogP contribution in [0.15, 0.2) is 52.9 Å². The smallest absolute Gasteiger partial charge is 0.123 e. The van der Waals surface area contributed by atoms with Gasteiger partial charge in [0.15, 0.2) is 0 Å². The molecule has 21 heavy (non-hydrogen) atoms. The molecule has 1 unspecified atom stereocenters. The largest absolute Gasteiger partial charge is 0.255 e. The van der Waals surface area contributed by atoms with E-state index in [1.54, 1.807) is 12.3 Å². The fourth-order valence-corrected chi connectivity index (χ4v) is 3.06. The molecule has 0 spiro atoms. The van der Waals surface area contributed by atoms with Crippen molar-refractivity contribution >= 4 is 28.5 Å². The summed E-state index contributed by atoms with van der Waals surface area (Å²) in [6.07, 6.45) is 5.75. The lowest BCUT2D eigenvalue weighted by molar-refractivity contribution is 0.627. The molecule has 0 amide bonds. The minimum atomic E-state index is -0.961. The van der Waals surface area contributed by atoms with Gasteiger partial charge in [-0.15, -0.1) is 0 Å². The van der Waals surface area contributed by atoms with Crippen molar-refractivity contribution in [1.82, 2.24) is 0 Å². The van der Waals surface area contributed by atoms with Crippen LogP contribution in [0.1, 0.15) is 23.6 Å². The third kappa shape index (κ3) is 2.74. The van der Waals surface area contributed by atoms with E-state index >= 15 is 0 Å². The Kier molecular flexibility index (Phi) is 3.60. The first kappa shape index (κ1) is 14.0. The van der Waals surface area contributed by atoms with Crippen LogP contribution in [0, 0.1) is 5.82 Å². The summed E-state index contributed by atoms with van der Waals surface area (Å²) in [5.41, 5.74) is 5.25. The molecule has 3 heteroatoms. The molecule has 0 saturated heterocycles. The zero-order valence-corrected chi connectivity index (χ0v) is 12.7. The minimum Gasteiger partial charge on any atom is -0.255 e. The molecule has 0 bridgehead atoms. The number of rotatable bonds is 2. The molecule has 1 aliphatic carbocycles. The van der Waals surface area contributed by atoms with Gasteiger partial charge in [0, 0.05) is 22.0 Å². The highest BCUT2D eigenvalue weighted by Crippen LogP contribution is 2.36. The number of hydrogen-bond donors (Lipinski definition) is 0. The van der Waals surface area contributed by atoms with E-state index < -0.39 is 10.8 Å². The van der Waals surface area contributed by atoms with Crippen molar-refractivity contribution in [3.8, 4) is 0 Å². The Bertz CT molecular complexity index is 785. The number of allylic oxidation sites excluding steroid dienone is 2. The SMILES string of the molecule is CC1=Cc2cc(F)ccc2/C1=C/c1ccc(S(C)=O)cc1. The molecule has 0 heterocycles. The molecular formula is C18H15FOS. The predicted octanol–water partition coefficient (Wildman–Crippen LogP) is 4.52. The summed E-state index contributed by atoms with van der Waals surface area (Å²) in [6.45, 7) is 2.03. The molecule has 0 aliphatic heterocycles. The van der Waals surface area contributed by atoms with Crippen molar-refractivity contribution in [2.24, 2.45) is 0 Å². The molecule has 2 aromatic carbocycles. The maximum absolute atomic E-state index is 13.3. The third-order valence-corrected chi connectivity index (χ3v) is 4.56. The van der Waals surface area contributed by atoms with Crippen molar-refractivity contribution in [1.29, 1.82) is 0 Å². The summed E-state index contributed by atoms with van der Waals surface area (Å²) in [5, 5.41) is 0. The van der Waals surface area contributed by atoms with E-state index in [9.17, 15) is 8.60 Å². The molecule has 0 radical (unpaired) electrons. The first-order valence-electron chi connectivity index (χ1n) is 6.68. The Morgan fingerprint density at radius 1 is 1.10 bits per heavy atom. The second kappa shape index (κ2) is 5.41. The molecule has 0 fully saturated rings. The number of benzene rings is 2. The Labute approximate surface area is 126 Å². The monoisotopic (exact) mass is 298 g/mol. The van der Waals surface area contributed by atoms with Crippen molar-refractivity contribution in [2.75, 3.05) is 6.26 Å². The van der Waals surface area contributed by atoms with Crippen LogP contribution in [0.25, 0.3) is 17.7 Å². The molecule has 106 valence electrons. The highest BCUT2D eigenvalue weighted by Gasteiger charge is 2.16. The van der Waals surface area contributed by atoms with Crippen LogP contribution < -0.4 is 0 Å². The van der Waals surface area contributed by atoms with Gasteiger partial charge in [-0.1, -0.05) is 24.3 Å². The van der Waals surface area contributed by atoms with E-state index in [4.69, 9.17) is 0 Å². The molecule has 0 saturated carbocycles. The fraction of sp³-hybridized carbons (Fsp3) is 0.111. The van der Waals surface area contributed by atoms with Crippen LogP contribution in [0.4, 0.5) is 4.39 Å². The standard InChI is InChI=1S/C18H15FOS/c1-12-9-14-11-15(19)5-8-17(14)18(12)10-13-3-6-16(7-4-13)21(2)20/h3-11H,1-2H3/b18-10+. The third-order valence-electron chi connectivity index (χ3n) is 3.62. The van der Waals surface area contributed by atoms with Gasteiger partial charge >= 0.3 is 0 Å². The zero-order chi connectivity index (χ0) is 15.0. The van der Waals surface area contributed by atoms with Crippen LogP contribution in [-0.4, -0.2) is 10.5 Å². The molecule has 1 nitrogen and oxygen atoms in total. The van der Waals surface area contributed by atoms with Gasteiger partial charge in [0.1, 0.15) is 5.82 Å². The molecule has 2 aromatic rings. The van der Waals surface area contributed by atoms with Crippen LogP contribution in [0.5, 0.6) is 0 Å². The average Bonchev–Trinajstić information content (AvgIpc) is 2.75. The number of fused-ring (bicyclic) bond motifs is 1. The topological polar surface area (TPSA) is 17.1 Å². The minimum absolute atomic E-state index is 0.214. The second-order valence-corrected chi connectivity index (χ2v) is 6.52. The Balaban J connectivity index is 2.01. The molecular weight excluding hydrogens is 283 g/mol. The van der Waals surface area contributed by atoms with Crippen molar-refractivity contribution < 1.29 is 8.60 Å². The molecule has 0 aromatic heterocycles. The van der Waals surface area contributed by atoms with Gasteiger partial charge in [0.25, 0.3) is 0 Å². The summed E-state index contributed by atoms with van der Waals surface area (Å²) in [4.78, 5) is 0.818. The summed E-state index contributed by atoms with van der Waals surface area (Å²) >= 11 is 0. The second-order valence-electron chi connectivity index (χ2n) is 5.14. The highest BCUT2D eigenvalue weighted by molar-refractivity contribution is 7.84. The van der Waals surface area contributed by atoms with Crippen molar-refractivity contribution in [3.63, 3.8) is 0 Å². The van der Waals surface area contributed by atoms with Crippen molar-refractivity contribution in [3.05, 3.63) is 70.5 Å². The summed E-state index contributed by atoms with van der Waals surface area (Å²) in [5.74, 6) is -0.214. The van der Waals surface area contributed by atoms with Gasteiger partial charge in [-0.2, -0.15) is 0 Å². The predicted molar refractivity (Wildman–Crippen MR) is 86.7 cm³/mol. The van der Waals surface area contributed by atoms with Gasteiger partial charge in [-0.25, -0.2) is 4.39 Å².